The fourth-order valence-corrected chi connectivity index (χ4v) is 3.51. The van der Waals surface area contributed by atoms with E-state index >= 15 is 0 Å². The van der Waals surface area contributed by atoms with Crippen LogP contribution in [0.25, 0.3) is 0 Å². The molecule has 2 unspecified atom stereocenters. The minimum atomic E-state index is -3.20. The largest absolute Gasteiger partial charge is 0.481 e. The Balaban J connectivity index is 1.90. The Labute approximate surface area is 111 Å². The van der Waals surface area contributed by atoms with Crippen molar-refractivity contribution < 1.29 is 23.1 Å². The number of hydrogen-bond acceptors (Lipinski definition) is 4. The topological polar surface area (TPSA) is 104 Å². The first-order chi connectivity index (χ1) is 8.87. The number of nitrogens with one attached hydrogen (secondary N) is 1. The van der Waals surface area contributed by atoms with Gasteiger partial charge in [0.05, 0.1) is 17.7 Å². The predicted molar refractivity (Wildman–Crippen MR) is 67.2 cm³/mol. The van der Waals surface area contributed by atoms with Gasteiger partial charge in [-0.25, -0.2) is 13.2 Å². The molecule has 0 spiro atoms. The van der Waals surface area contributed by atoms with Crippen molar-refractivity contribution in [1.82, 2.24) is 10.2 Å². The minimum absolute atomic E-state index is 0.130. The van der Waals surface area contributed by atoms with Crippen molar-refractivity contribution in [3.63, 3.8) is 0 Å². The van der Waals surface area contributed by atoms with Crippen LogP contribution in [0.3, 0.4) is 0 Å². The number of nitrogens with zero attached hydrogens (tertiary/aromatic N) is 1. The Bertz CT molecular complexity index is 513. The number of piperidine rings is 1. The molecule has 0 aromatic rings. The summed E-state index contributed by atoms with van der Waals surface area (Å²) in [4.78, 5) is 24.3. The SMILES string of the molecule is O=C(O)C1CCCN(C(=O)NC2C=CS(=O)(=O)C2)C1. The summed E-state index contributed by atoms with van der Waals surface area (Å²) < 4.78 is 22.4. The molecule has 2 atom stereocenters. The van der Waals surface area contributed by atoms with Crippen LogP contribution in [0.5, 0.6) is 0 Å². The second-order valence-electron chi connectivity index (χ2n) is 4.84. The highest BCUT2D eigenvalue weighted by Crippen LogP contribution is 2.17. The number of amides is 2. The van der Waals surface area contributed by atoms with Gasteiger partial charge in [0.2, 0.25) is 0 Å². The number of carboxylic acids is 1. The van der Waals surface area contributed by atoms with Gasteiger partial charge in [0.25, 0.3) is 0 Å². The maximum Gasteiger partial charge on any atom is 0.317 e. The Morgan fingerprint density at radius 2 is 2.11 bits per heavy atom. The summed E-state index contributed by atoms with van der Waals surface area (Å²) in [5.41, 5.74) is 0. The smallest absolute Gasteiger partial charge is 0.317 e. The minimum Gasteiger partial charge on any atom is -0.481 e. The highest BCUT2D eigenvalue weighted by Gasteiger charge is 2.30. The molecule has 2 aliphatic heterocycles. The van der Waals surface area contributed by atoms with Crippen LogP contribution in [0.1, 0.15) is 12.8 Å². The van der Waals surface area contributed by atoms with E-state index in [1.54, 1.807) is 0 Å². The van der Waals surface area contributed by atoms with Gasteiger partial charge in [-0.3, -0.25) is 4.79 Å². The number of urea groups is 1. The normalized spacial score (nSPS) is 29.2. The second kappa shape index (κ2) is 5.20. The van der Waals surface area contributed by atoms with E-state index in [0.717, 1.165) is 5.41 Å². The van der Waals surface area contributed by atoms with Gasteiger partial charge in [-0.15, -0.1) is 0 Å². The van der Waals surface area contributed by atoms with E-state index in [9.17, 15) is 18.0 Å². The standard InChI is InChI=1S/C11H16N2O5S/c14-10(15)8-2-1-4-13(6-8)11(16)12-9-3-5-19(17,18)7-9/h3,5,8-9H,1-2,4,6-7H2,(H,12,16)(H,14,15). The zero-order valence-corrected chi connectivity index (χ0v) is 11.1. The number of hydrogen-bond donors (Lipinski definition) is 2. The van der Waals surface area contributed by atoms with E-state index in [-0.39, 0.29) is 12.3 Å². The fourth-order valence-electron chi connectivity index (χ4n) is 2.28. The van der Waals surface area contributed by atoms with Crippen molar-refractivity contribution in [3.8, 4) is 0 Å². The molecule has 8 heteroatoms. The van der Waals surface area contributed by atoms with Crippen molar-refractivity contribution in [2.45, 2.75) is 18.9 Å². The molecule has 106 valence electrons. The summed E-state index contributed by atoms with van der Waals surface area (Å²) in [6.45, 7) is 0.670. The zero-order valence-electron chi connectivity index (χ0n) is 10.3. The van der Waals surface area contributed by atoms with E-state index in [0.29, 0.717) is 19.4 Å². The first-order valence-corrected chi connectivity index (χ1v) is 7.78. The van der Waals surface area contributed by atoms with E-state index in [4.69, 9.17) is 5.11 Å². The van der Waals surface area contributed by atoms with Crippen molar-refractivity contribution in [2.24, 2.45) is 5.92 Å². The van der Waals surface area contributed by atoms with Crippen LogP contribution in [0.4, 0.5) is 4.79 Å². The average Bonchev–Trinajstić information content (AvgIpc) is 2.68. The molecule has 0 radical (unpaired) electrons. The van der Waals surface area contributed by atoms with Gasteiger partial charge in [0.15, 0.2) is 9.84 Å². The Kier molecular flexibility index (Phi) is 3.79. The molecular weight excluding hydrogens is 272 g/mol. The van der Waals surface area contributed by atoms with E-state index in [1.807, 2.05) is 0 Å². The van der Waals surface area contributed by atoms with Gasteiger partial charge < -0.3 is 15.3 Å². The molecule has 0 saturated carbocycles. The zero-order chi connectivity index (χ0) is 14.0. The third-order valence-corrected chi connectivity index (χ3v) is 4.69. The molecule has 1 saturated heterocycles. The lowest BCUT2D eigenvalue weighted by atomic mass is 9.99. The lowest BCUT2D eigenvalue weighted by Crippen LogP contribution is -2.49. The molecule has 2 aliphatic rings. The van der Waals surface area contributed by atoms with Crippen molar-refractivity contribution >= 4 is 21.8 Å². The van der Waals surface area contributed by atoms with Crippen LogP contribution in [-0.2, 0) is 14.6 Å². The van der Waals surface area contributed by atoms with E-state index in [1.165, 1.54) is 11.0 Å². The molecule has 7 nitrogen and oxygen atoms in total. The van der Waals surface area contributed by atoms with Gasteiger partial charge in [-0.05, 0) is 18.9 Å². The Morgan fingerprint density at radius 1 is 1.37 bits per heavy atom. The van der Waals surface area contributed by atoms with Crippen LogP contribution in [0, 0.1) is 5.92 Å². The molecule has 0 aromatic carbocycles. The summed E-state index contributed by atoms with van der Waals surface area (Å²) in [6, 6.07) is -0.930. The van der Waals surface area contributed by atoms with Gasteiger partial charge in [-0.1, -0.05) is 0 Å². The first-order valence-electron chi connectivity index (χ1n) is 6.06. The molecule has 2 rings (SSSR count). The highest BCUT2D eigenvalue weighted by atomic mass is 32.2. The fraction of sp³-hybridized carbons (Fsp3) is 0.636. The second-order valence-corrected chi connectivity index (χ2v) is 6.77. The Hall–Kier alpha value is -1.57. The van der Waals surface area contributed by atoms with Crippen molar-refractivity contribution in [1.29, 1.82) is 0 Å². The van der Waals surface area contributed by atoms with Gasteiger partial charge in [-0.2, -0.15) is 0 Å². The molecule has 0 aromatic heterocycles. The number of aliphatic carboxylic acids is 1. The monoisotopic (exact) mass is 288 g/mol. The third kappa shape index (κ3) is 3.46. The van der Waals surface area contributed by atoms with Gasteiger partial charge in [0.1, 0.15) is 0 Å². The molecule has 2 N–H and O–H groups in total. The molecule has 2 amide bonds. The quantitative estimate of drug-likeness (QED) is 0.732. The third-order valence-electron chi connectivity index (χ3n) is 3.30. The number of carboxylic acid groups (broad SMARTS) is 1. The van der Waals surface area contributed by atoms with E-state index in [2.05, 4.69) is 5.32 Å². The van der Waals surface area contributed by atoms with E-state index < -0.39 is 33.8 Å². The summed E-state index contributed by atoms with van der Waals surface area (Å²) >= 11 is 0. The van der Waals surface area contributed by atoms with Gasteiger partial charge in [0, 0.05) is 18.5 Å². The highest BCUT2D eigenvalue weighted by molar-refractivity contribution is 7.94. The van der Waals surface area contributed by atoms with Crippen LogP contribution < -0.4 is 5.32 Å². The maximum atomic E-state index is 11.9. The van der Waals surface area contributed by atoms with Crippen molar-refractivity contribution in [3.05, 3.63) is 11.5 Å². The lowest BCUT2D eigenvalue weighted by Gasteiger charge is -2.31. The molecule has 2 heterocycles. The number of likely N-dealkylation sites (tertiary alicyclic amines) is 1. The molecule has 19 heavy (non-hydrogen) atoms. The predicted octanol–water partition coefficient (Wildman–Crippen LogP) is -0.197. The summed E-state index contributed by atoms with van der Waals surface area (Å²) in [7, 11) is -3.20. The number of rotatable bonds is 2. The summed E-state index contributed by atoms with van der Waals surface area (Å²) in [5, 5.41) is 12.6. The van der Waals surface area contributed by atoms with Crippen LogP contribution in [-0.4, -0.2) is 55.3 Å². The average molecular weight is 288 g/mol. The van der Waals surface area contributed by atoms with Crippen molar-refractivity contribution in [2.75, 3.05) is 18.8 Å². The number of carbonyl (C=O) groups is 2. The molecule has 1 fully saturated rings. The molecule has 0 aliphatic carbocycles. The summed E-state index contributed by atoms with van der Waals surface area (Å²) in [5.74, 6) is -1.57. The summed E-state index contributed by atoms with van der Waals surface area (Å²) in [6.07, 6.45) is 2.64. The molecular formula is C11H16N2O5S. The Morgan fingerprint density at radius 3 is 2.68 bits per heavy atom. The van der Waals surface area contributed by atoms with Crippen LogP contribution >= 0.6 is 0 Å². The van der Waals surface area contributed by atoms with Crippen LogP contribution in [0.2, 0.25) is 0 Å². The number of carbonyl (C=O) groups excluding carboxylic acids is 1. The maximum absolute atomic E-state index is 11.9. The first kappa shape index (κ1) is 13.9. The van der Waals surface area contributed by atoms with Gasteiger partial charge >= 0.3 is 12.0 Å². The molecule has 0 bridgehead atoms. The lowest BCUT2D eigenvalue weighted by molar-refractivity contribution is -0.143. The number of sulfone groups is 1. The van der Waals surface area contributed by atoms with Crippen LogP contribution in [0.15, 0.2) is 11.5 Å².